The van der Waals surface area contributed by atoms with Gasteiger partial charge in [0.05, 0.1) is 0 Å². The van der Waals surface area contributed by atoms with E-state index >= 15 is 0 Å². The lowest BCUT2D eigenvalue weighted by molar-refractivity contribution is -0.132. The van der Waals surface area contributed by atoms with Crippen LogP contribution in [-0.2, 0) is 16.0 Å². The van der Waals surface area contributed by atoms with Gasteiger partial charge in [-0.2, -0.15) is 0 Å². The van der Waals surface area contributed by atoms with Crippen molar-refractivity contribution in [2.45, 2.75) is 32.6 Å². The second-order valence-corrected chi connectivity index (χ2v) is 6.91. The van der Waals surface area contributed by atoms with E-state index in [1.54, 1.807) is 0 Å². The van der Waals surface area contributed by atoms with Crippen LogP contribution >= 0.6 is 11.6 Å². The average Bonchev–Trinajstić information content (AvgIpc) is 2.61. The number of aryl methyl sites for hydroxylation is 2. The van der Waals surface area contributed by atoms with Gasteiger partial charge in [-0.05, 0) is 55.4 Å². The third kappa shape index (κ3) is 5.49. The fraction of sp³-hybridized carbons (Fsp3) is 0.474. The van der Waals surface area contributed by atoms with Crippen molar-refractivity contribution in [3.63, 3.8) is 0 Å². The number of aromatic hydroxyl groups is 1. The highest BCUT2D eigenvalue weighted by Crippen LogP contribution is 2.27. The number of rotatable bonds is 6. The van der Waals surface area contributed by atoms with Crippen molar-refractivity contribution in [2.24, 2.45) is 5.92 Å². The number of hydrogen-bond donors (Lipinski definition) is 2. The first-order valence-electron chi connectivity index (χ1n) is 8.56. The molecule has 2 amide bonds. The van der Waals surface area contributed by atoms with Crippen LogP contribution in [0.25, 0.3) is 0 Å². The summed E-state index contributed by atoms with van der Waals surface area (Å²) in [6.45, 7) is 7.35. The van der Waals surface area contributed by atoms with Crippen LogP contribution in [0, 0.1) is 12.8 Å². The van der Waals surface area contributed by atoms with Crippen molar-refractivity contribution in [3.8, 4) is 5.75 Å². The van der Waals surface area contributed by atoms with Gasteiger partial charge in [0, 0.05) is 31.1 Å². The van der Waals surface area contributed by atoms with Gasteiger partial charge in [-0.25, -0.2) is 0 Å². The lowest BCUT2D eigenvalue weighted by Gasteiger charge is -2.32. The summed E-state index contributed by atoms with van der Waals surface area (Å²) in [5.41, 5.74) is 1.64. The molecule has 1 aliphatic rings. The molecular formula is C19H25ClN2O3. The zero-order valence-electron chi connectivity index (χ0n) is 14.6. The fourth-order valence-corrected chi connectivity index (χ4v) is 3.19. The summed E-state index contributed by atoms with van der Waals surface area (Å²) in [4.78, 5) is 25.5. The molecule has 2 N–H and O–H groups in total. The molecule has 0 spiro atoms. The number of carbonyl (C=O) groups is 2. The van der Waals surface area contributed by atoms with Crippen LogP contribution in [0.2, 0.25) is 5.02 Å². The van der Waals surface area contributed by atoms with E-state index in [0.29, 0.717) is 43.4 Å². The van der Waals surface area contributed by atoms with Crippen LogP contribution in [0.4, 0.5) is 0 Å². The largest absolute Gasteiger partial charge is 0.508 e. The molecule has 2 rings (SSSR count). The molecule has 1 aromatic carbocycles. The molecule has 0 unspecified atom stereocenters. The van der Waals surface area contributed by atoms with E-state index in [9.17, 15) is 14.7 Å². The molecule has 0 radical (unpaired) electrons. The van der Waals surface area contributed by atoms with E-state index in [4.69, 9.17) is 11.6 Å². The number of nitrogens with zero attached hydrogens (tertiary/aromatic N) is 1. The van der Waals surface area contributed by atoms with Gasteiger partial charge in [0.15, 0.2) is 0 Å². The van der Waals surface area contributed by atoms with Gasteiger partial charge in [-0.3, -0.25) is 9.59 Å². The highest BCUT2D eigenvalue weighted by molar-refractivity contribution is 6.31. The Labute approximate surface area is 153 Å². The number of phenols is 1. The van der Waals surface area contributed by atoms with Crippen molar-refractivity contribution < 1.29 is 14.7 Å². The van der Waals surface area contributed by atoms with Crippen LogP contribution < -0.4 is 5.32 Å². The number of amides is 2. The minimum absolute atomic E-state index is 0.0978. The first kappa shape index (κ1) is 19.3. The SMILES string of the molecule is C=CC(=O)NCC1CCN(C(=O)CCc2cc(C)c(Cl)cc2O)CC1. The molecule has 25 heavy (non-hydrogen) atoms. The van der Waals surface area contributed by atoms with E-state index in [2.05, 4.69) is 11.9 Å². The molecule has 6 heteroatoms. The van der Waals surface area contributed by atoms with E-state index in [1.807, 2.05) is 17.9 Å². The Bertz CT molecular complexity index is 652. The molecule has 136 valence electrons. The van der Waals surface area contributed by atoms with E-state index in [1.165, 1.54) is 12.1 Å². The number of phenolic OH excluding ortho intramolecular Hbond substituents is 1. The third-order valence-corrected chi connectivity index (χ3v) is 5.09. The summed E-state index contributed by atoms with van der Waals surface area (Å²) in [6, 6.07) is 3.36. The van der Waals surface area contributed by atoms with Gasteiger partial charge in [0.25, 0.3) is 0 Å². The Kier molecular flexibility index (Phi) is 6.88. The first-order valence-corrected chi connectivity index (χ1v) is 8.94. The fourth-order valence-electron chi connectivity index (χ4n) is 3.03. The molecule has 1 heterocycles. The standard InChI is InChI=1S/C19H25ClN2O3/c1-3-18(24)21-12-14-6-8-22(9-7-14)19(25)5-4-15-10-13(2)16(20)11-17(15)23/h3,10-11,14,23H,1,4-9,12H2,2H3,(H,21,24). The maximum absolute atomic E-state index is 12.4. The molecule has 1 saturated heterocycles. The second-order valence-electron chi connectivity index (χ2n) is 6.50. The summed E-state index contributed by atoms with van der Waals surface area (Å²) < 4.78 is 0. The summed E-state index contributed by atoms with van der Waals surface area (Å²) >= 11 is 5.97. The molecular weight excluding hydrogens is 340 g/mol. The number of piperidine rings is 1. The van der Waals surface area contributed by atoms with E-state index in [0.717, 1.165) is 24.0 Å². The Hall–Kier alpha value is -2.01. The Balaban J connectivity index is 1.78. The second kappa shape index (κ2) is 8.90. The van der Waals surface area contributed by atoms with Crippen molar-refractivity contribution in [2.75, 3.05) is 19.6 Å². The van der Waals surface area contributed by atoms with Crippen molar-refractivity contribution in [3.05, 3.63) is 40.9 Å². The van der Waals surface area contributed by atoms with Gasteiger partial charge in [0.1, 0.15) is 5.75 Å². The lowest BCUT2D eigenvalue weighted by atomic mass is 9.96. The van der Waals surface area contributed by atoms with Gasteiger partial charge in [0.2, 0.25) is 11.8 Å². The predicted molar refractivity (Wildman–Crippen MR) is 98.7 cm³/mol. The topological polar surface area (TPSA) is 69.6 Å². The number of halogens is 1. The monoisotopic (exact) mass is 364 g/mol. The molecule has 0 aromatic heterocycles. The molecule has 5 nitrogen and oxygen atoms in total. The van der Waals surface area contributed by atoms with Gasteiger partial charge in [-0.15, -0.1) is 0 Å². The first-order chi connectivity index (χ1) is 11.9. The zero-order chi connectivity index (χ0) is 18.4. The van der Waals surface area contributed by atoms with Gasteiger partial charge < -0.3 is 15.3 Å². The number of nitrogens with one attached hydrogen (secondary N) is 1. The van der Waals surface area contributed by atoms with Crippen molar-refractivity contribution in [1.29, 1.82) is 0 Å². The maximum Gasteiger partial charge on any atom is 0.243 e. The molecule has 0 atom stereocenters. The quantitative estimate of drug-likeness (QED) is 0.762. The minimum Gasteiger partial charge on any atom is -0.508 e. The summed E-state index contributed by atoms with van der Waals surface area (Å²) in [6.07, 6.45) is 3.90. The number of carbonyl (C=O) groups excluding carboxylic acids is 2. The van der Waals surface area contributed by atoms with Crippen LogP contribution in [0.15, 0.2) is 24.8 Å². The van der Waals surface area contributed by atoms with E-state index < -0.39 is 0 Å². The maximum atomic E-state index is 12.4. The highest BCUT2D eigenvalue weighted by Gasteiger charge is 2.23. The van der Waals surface area contributed by atoms with Gasteiger partial charge in [-0.1, -0.05) is 24.2 Å². The Morgan fingerprint density at radius 1 is 1.40 bits per heavy atom. The molecule has 1 aromatic rings. The highest BCUT2D eigenvalue weighted by atomic mass is 35.5. The average molecular weight is 365 g/mol. The minimum atomic E-state index is -0.156. The third-order valence-electron chi connectivity index (χ3n) is 4.69. The molecule has 0 saturated carbocycles. The van der Waals surface area contributed by atoms with E-state index in [-0.39, 0.29) is 17.6 Å². The van der Waals surface area contributed by atoms with Crippen molar-refractivity contribution in [1.82, 2.24) is 10.2 Å². The lowest BCUT2D eigenvalue weighted by Crippen LogP contribution is -2.41. The van der Waals surface area contributed by atoms with Crippen molar-refractivity contribution >= 4 is 23.4 Å². The normalized spacial score (nSPS) is 15.0. The summed E-state index contributed by atoms with van der Waals surface area (Å²) in [5, 5.41) is 13.3. The molecule has 1 fully saturated rings. The smallest absolute Gasteiger partial charge is 0.243 e. The summed E-state index contributed by atoms with van der Waals surface area (Å²) in [5.74, 6) is 0.480. The molecule has 0 bridgehead atoms. The predicted octanol–water partition coefficient (Wildman–Crippen LogP) is 2.83. The van der Waals surface area contributed by atoms with Crippen LogP contribution in [0.3, 0.4) is 0 Å². The Morgan fingerprint density at radius 3 is 2.72 bits per heavy atom. The van der Waals surface area contributed by atoms with Crippen LogP contribution in [-0.4, -0.2) is 41.5 Å². The summed E-state index contributed by atoms with van der Waals surface area (Å²) in [7, 11) is 0. The number of hydrogen-bond acceptors (Lipinski definition) is 3. The van der Waals surface area contributed by atoms with Crippen LogP contribution in [0.5, 0.6) is 5.75 Å². The number of benzene rings is 1. The number of likely N-dealkylation sites (tertiary alicyclic amines) is 1. The van der Waals surface area contributed by atoms with Crippen LogP contribution in [0.1, 0.15) is 30.4 Å². The zero-order valence-corrected chi connectivity index (χ0v) is 15.3. The van der Waals surface area contributed by atoms with Gasteiger partial charge >= 0.3 is 0 Å². The Morgan fingerprint density at radius 2 is 2.08 bits per heavy atom. The molecule has 1 aliphatic heterocycles. The molecule has 0 aliphatic carbocycles.